The predicted molar refractivity (Wildman–Crippen MR) is 100 cm³/mol. The second-order valence-corrected chi connectivity index (χ2v) is 6.52. The van der Waals surface area contributed by atoms with E-state index in [-0.39, 0.29) is 10.7 Å². The predicted octanol–water partition coefficient (Wildman–Crippen LogP) is 2.95. The number of hydrogen-bond donors (Lipinski definition) is 2. The maximum Gasteiger partial charge on any atom is 0.263 e. The smallest absolute Gasteiger partial charge is 0.263 e. The Kier molecular flexibility index (Phi) is 4.87. The third kappa shape index (κ3) is 3.60. The first kappa shape index (κ1) is 16.5. The molecule has 0 aromatic heterocycles. The zero-order valence-corrected chi connectivity index (χ0v) is 14.9. The van der Waals surface area contributed by atoms with Crippen LogP contribution in [0.15, 0.2) is 58.6 Å². The topological polar surface area (TPSA) is 58.2 Å². The first-order valence-electron chi connectivity index (χ1n) is 7.24. The van der Waals surface area contributed by atoms with Crippen molar-refractivity contribution in [3.8, 4) is 0 Å². The Hall–Kier alpha value is -2.31. The number of amides is 2. The van der Waals surface area contributed by atoms with Gasteiger partial charge in [-0.3, -0.25) is 20.2 Å². The third-order valence-corrected chi connectivity index (χ3v) is 4.61. The molecule has 0 spiro atoms. The molecule has 1 fully saturated rings. The summed E-state index contributed by atoms with van der Waals surface area (Å²) in [6.45, 7) is 0. The van der Waals surface area contributed by atoms with Gasteiger partial charge in [0.15, 0.2) is 5.11 Å². The fraction of sp³-hybridized carbons (Fsp3) is 0.0556. The zero-order chi connectivity index (χ0) is 17.1. The number of carbonyl (C=O) groups excluding carboxylic acids is 2. The quantitative estimate of drug-likeness (QED) is 0.473. The summed E-state index contributed by atoms with van der Waals surface area (Å²) >= 11 is 8.35. The average molecular weight is 401 g/mol. The normalized spacial score (nSPS) is 14.2. The highest BCUT2D eigenvalue weighted by molar-refractivity contribution is 9.10. The summed E-state index contributed by atoms with van der Waals surface area (Å²) in [4.78, 5) is 24.0. The number of benzene rings is 2. The number of thiocarbonyl (C=S) groups is 1. The molecule has 120 valence electrons. The number of halogens is 1. The fourth-order valence-electron chi connectivity index (χ4n) is 2.44. The molecule has 0 atom stereocenters. The molecule has 1 aliphatic heterocycles. The Bertz CT molecular complexity index is 855. The first-order chi connectivity index (χ1) is 11.5. The third-order valence-electron chi connectivity index (χ3n) is 3.64. The van der Waals surface area contributed by atoms with Crippen molar-refractivity contribution >= 4 is 51.2 Å². The van der Waals surface area contributed by atoms with Crippen LogP contribution in [0.25, 0.3) is 6.08 Å². The minimum Gasteiger partial charge on any atom is -0.299 e. The summed E-state index contributed by atoms with van der Waals surface area (Å²) in [6, 6.07) is 15.6. The van der Waals surface area contributed by atoms with E-state index in [2.05, 4.69) is 26.6 Å². The molecular weight excluding hydrogens is 388 g/mol. The van der Waals surface area contributed by atoms with Crippen LogP contribution in [-0.2, 0) is 16.0 Å². The Morgan fingerprint density at radius 3 is 2.17 bits per heavy atom. The summed E-state index contributed by atoms with van der Waals surface area (Å²) in [5.41, 5.74) is 3.01. The molecule has 0 unspecified atom stereocenters. The second kappa shape index (κ2) is 7.07. The molecule has 1 aliphatic rings. The lowest BCUT2D eigenvalue weighted by molar-refractivity contribution is -0.123. The molecular formula is C18H13BrN2O2S. The molecule has 6 heteroatoms. The molecule has 2 N–H and O–H groups in total. The van der Waals surface area contributed by atoms with Gasteiger partial charge in [-0.05, 0) is 47.5 Å². The Morgan fingerprint density at radius 2 is 1.50 bits per heavy atom. The van der Waals surface area contributed by atoms with Gasteiger partial charge >= 0.3 is 0 Å². The van der Waals surface area contributed by atoms with Crippen molar-refractivity contribution in [3.05, 3.63) is 75.3 Å². The van der Waals surface area contributed by atoms with Gasteiger partial charge in [0.2, 0.25) is 0 Å². The minimum absolute atomic E-state index is 0.0312. The van der Waals surface area contributed by atoms with Crippen molar-refractivity contribution in [2.75, 3.05) is 0 Å². The maximum absolute atomic E-state index is 12.0. The van der Waals surface area contributed by atoms with Crippen LogP contribution in [0.1, 0.15) is 16.7 Å². The van der Waals surface area contributed by atoms with Crippen LogP contribution in [0.4, 0.5) is 0 Å². The van der Waals surface area contributed by atoms with E-state index in [9.17, 15) is 9.59 Å². The molecule has 3 rings (SSSR count). The minimum atomic E-state index is -0.487. The van der Waals surface area contributed by atoms with Crippen LogP contribution in [0.2, 0.25) is 0 Å². The first-order valence-corrected chi connectivity index (χ1v) is 8.44. The molecule has 24 heavy (non-hydrogen) atoms. The van der Waals surface area contributed by atoms with Gasteiger partial charge in [-0.1, -0.05) is 58.4 Å². The average Bonchev–Trinajstić information content (AvgIpc) is 2.54. The van der Waals surface area contributed by atoms with Gasteiger partial charge in [0.05, 0.1) is 0 Å². The van der Waals surface area contributed by atoms with Crippen molar-refractivity contribution in [1.82, 2.24) is 10.6 Å². The molecule has 2 aromatic carbocycles. The monoisotopic (exact) mass is 400 g/mol. The number of hydrogen-bond acceptors (Lipinski definition) is 3. The highest BCUT2D eigenvalue weighted by atomic mass is 79.9. The van der Waals surface area contributed by atoms with Crippen molar-refractivity contribution in [2.24, 2.45) is 0 Å². The molecule has 0 aliphatic carbocycles. The van der Waals surface area contributed by atoms with Gasteiger partial charge < -0.3 is 0 Å². The van der Waals surface area contributed by atoms with E-state index in [0.29, 0.717) is 6.42 Å². The van der Waals surface area contributed by atoms with E-state index in [1.54, 1.807) is 6.08 Å². The summed E-state index contributed by atoms with van der Waals surface area (Å²) in [7, 11) is 0. The fourth-order valence-corrected chi connectivity index (χ4v) is 3.06. The van der Waals surface area contributed by atoms with Crippen molar-refractivity contribution in [1.29, 1.82) is 0 Å². The van der Waals surface area contributed by atoms with E-state index in [1.165, 1.54) is 0 Å². The van der Waals surface area contributed by atoms with Crippen LogP contribution in [0, 0.1) is 0 Å². The van der Waals surface area contributed by atoms with Crippen LogP contribution in [0.5, 0.6) is 0 Å². The molecule has 4 nitrogen and oxygen atoms in total. The largest absolute Gasteiger partial charge is 0.299 e. The van der Waals surface area contributed by atoms with Gasteiger partial charge in [0.1, 0.15) is 5.57 Å². The SMILES string of the molecule is O=C1NC(=S)NC(=O)C1=Cc1ccccc1Cc1ccccc1Br. The van der Waals surface area contributed by atoms with Gasteiger partial charge in [-0.25, -0.2) is 0 Å². The van der Waals surface area contributed by atoms with Gasteiger partial charge in [0, 0.05) is 4.47 Å². The molecule has 0 radical (unpaired) electrons. The molecule has 2 aromatic rings. The van der Waals surface area contributed by atoms with Gasteiger partial charge in [0.25, 0.3) is 11.8 Å². The molecule has 1 heterocycles. The highest BCUT2D eigenvalue weighted by Crippen LogP contribution is 2.23. The lowest BCUT2D eigenvalue weighted by Gasteiger charge is -2.17. The Balaban J connectivity index is 1.97. The molecule has 2 amide bonds. The Labute approximate surface area is 153 Å². The molecule has 1 saturated heterocycles. The van der Waals surface area contributed by atoms with E-state index >= 15 is 0 Å². The van der Waals surface area contributed by atoms with E-state index < -0.39 is 11.8 Å². The van der Waals surface area contributed by atoms with Crippen molar-refractivity contribution in [2.45, 2.75) is 6.42 Å². The lowest BCUT2D eigenvalue weighted by Crippen LogP contribution is -2.51. The number of rotatable bonds is 3. The van der Waals surface area contributed by atoms with E-state index in [0.717, 1.165) is 21.2 Å². The number of carbonyl (C=O) groups is 2. The molecule has 0 bridgehead atoms. The van der Waals surface area contributed by atoms with Crippen molar-refractivity contribution in [3.63, 3.8) is 0 Å². The van der Waals surface area contributed by atoms with Crippen LogP contribution in [-0.4, -0.2) is 16.9 Å². The summed E-state index contributed by atoms with van der Waals surface area (Å²) < 4.78 is 1.02. The van der Waals surface area contributed by atoms with Gasteiger partial charge in [-0.15, -0.1) is 0 Å². The summed E-state index contributed by atoms with van der Waals surface area (Å²) in [6.07, 6.45) is 2.28. The summed E-state index contributed by atoms with van der Waals surface area (Å²) in [5.74, 6) is -0.973. The van der Waals surface area contributed by atoms with Gasteiger partial charge in [-0.2, -0.15) is 0 Å². The van der Waals surface area contributed by atoms with E-state index in [1.807, 2.05) is 48.5 Å². The van der Waals surface area contributed by atoms with E-state index in [4.69, 9.17) is 12.2 Å². The summed E-state index contributed by atoms with van der Waals surface area (Å²) in [5, 5.41) is 4.92. The number of nitrogens with one attached hydrogen (secondary N) is 2. The van der Waals surface area contributed by atoms with Crippen molar-refractivity contribution < 1.29 is 9.59 Å². The Morgan fingerprint density at radius 1 is 0.917 bits per heavy atom. The highest BCUT2D eigenvalue weighted by Gasteiger charge is 2.25. The van der Waals surface area contributed by atoms with Crippen LogP contribution < -0.4 is 10.6 Å². The van der Waals surface area contributed by atoms with Crippen LogP contribution >= 0.6 is 28.1 Å². The zero-order valence-electron chi connectivity index (χ0n) is 12.5. The molecule has 0 saturated carbocycles. The second-order valence-electron chi connectivity index (χ2n) is 5.26. The van der Waals surface area contributed by atoms with Crippen LogP contribution in [0.3, 0.4) is 0 Å². The maximum atomic E-state index is 12.0. The lowest BCUT2D eigenvalue weighted by atomic mass is 9.97. The standard InChI is InChI=1S/C18H13BrN2O2S/c19-15-8-4-3-7-13(15)9-11-5-1-2-6-12(11)10-14-16(22)20-18(24)21-17(14)23/h1-8,10H,9H2,(H2,20,21,22,23,24).